The number of benzene rings is 1. The highest BCUT2D eigenvalue weighted by Crippen LogP contribution is 2.12. The Morgan fingerprint density at radius 2 is 1.83 bits per heavy atom. The summed E-state index contributed by atoms with van der Waals surface area (Å²) in [4.78, 5) is 2.08. The number of anilines is 1. The molecule has 0 heterocycles. The van der Waals surface area contributed by atoms with Gasteiger partial charge in [-0.3, -0.25) is 4.55 Å². The maximum absolute atomic E-state index is 10.1. The molecule has 0 saturated heterocycles. The van der Waals surface area contributed by atoms with Crippen molar-refractivity contribution in [3.8, 4) is 5.75 Å². The standard InChI is InChI=1S/C6H8N2O3S/c9-6-3-1-5(2-4-6)7-8-12(10)11/h1-4,7-9H,(H,10,11). The van der Waals surface area contributed by atoms with Crippen LogP contribution in [0.2, 0.25) is 0 Å². The van der Waals surface area contributed by atoms with Crippen molar-refractivity contribution < 1.29 is 13.9 Å². The molecule has 0 bridgehead atoms. The molecule has 6 heteroatoms. The molecule has 0 aromatic heterocycles. The molecule has 1 rings (SSSR count). The monoisotopic (exact) mass is 188 g/mol. The predicted molar refractivity (Wildman–Crippen MR) is 45.6 cm³/mol. The minimum atomic E-state index is -2.10. The van der Waals surface area contributed by atoms with Gasteiger partial charge in [-0.1, -0.05) is 0 Å². The number of phenols is 1. The van der Waals surface area contributed by atoms with E-state index in [2.05, 4.69) is 10.3 Å². The predicted octanol–water partition coefficient (Wildman–Crippen LogP) is 0.445. The zero-order chi connectivity index (χ0) is 8.97. The molecule has 12 heavy (non-hydrogen) atoms. The summed E-state index contributed by atoms with van der Waals surface area (Å²) in [6, 6.07) is 6.05. The Hall–Kier alpha value is -1.11. The van der Waals surface area contributed by atoms with Crippen molar-refractivity contribution in [1.29, 1.82) is 0 Å². The topological polar surface area (TPSA) is 81.6 Å². The lowest BCUT2D eigenvalue weighted by Gasteiger charge is -2.03. The Kier molecular flexibility index (Phi) is 3.03. The second-order valence-electron chi connectivity index (χ2n) is 2.02. The smallest absolute Gasteiger partial charge is 0.250 e. The molecule has 0 amide bonds. The Morgan fingerprint density at radius 3 is 2.33 bits per heavy atom. The quantitative estimate of drug-likeness (QED) is 0.315. The number of hydrogen-bond donors (Lipinski definition) is 4. The first kappa shape index (κ1) is 8.98. The van der Waals surface area contributed by atoms with Crippen molar-refractivity contribution in [2.45, 2.75) is 0 Å². The Morgan fingerprint density at radius 1 is 1.25 bits per heavy atom. The van der Waals surface area contributed by atoms with Crippen LogP contribution < -0.4 is 10.3 Å². The highest BCUT2D eigenvalue weighted by Gasteiger charge is 1.92. The van der Waals surface area contributed by atoms with Gasteiger partial charge in [-0.2, -0.15) is 0 Å². The zero-order valence-electron chi connectivity index (χ0n) is 6.02. The van der Waals surface area contributed by atoms with Crippen LogP contribution in [0.1, 0.15) is 0 Å². The van der Waals surface area contributed by atoms with Crippen LogP contribution in [0.15, 0.2) is 24.3 Å². The van der Waals surface area contributed by atoms with Gasteiger partial charge in [0.2, 0.25) is 11.3 Å². The van der Waals surface area contributed by atoms with Crippen molar-refractivity contribution in [1.82, 2.24) is 4.83 Å². The van der Waals surface area contributed by atoms with Gasteiger partial charge in [0.15, 0.2) is 0 Å². The van der Waals surface area contributed by atoms with Crippen molar-refractivity contribution in [2.24, 2.45) is 0 Å². The van der Waals surface area contributed by atoms with E-state index in [9.17, 15) is 4.21 Å². The fourth-order valence-corrected chi connectivity index (χ4v) is 0.853. The maximum Gasteiger partial charge on any atom is 0.250 e. The third-order valence-electron chi connectivity index (χ3n) is 1.15. The fourth-order valence-electron chi connectivity index (χ4n) is 0.647. The minimum absolute atomic E-state index is 0.144. The van der Waals surface area contributed by atoms with Crippen molar-refractivity contribution >= 4 is 17.0 Å². The van der Waals surface area contributed by atoms with E-state index >= 15 is 0 Å². The Bertz CT molecular complexity index is 275. The first-order valence-electron chi connectivity index (χ1n) is 3.10. The van der Waals surface area contributed by atoms with Gasteiger partial charge in [0.1, 0.15) is 5.75 Å². The van der Waals surface area contributed by atoms with E-state index in [0.29, 0.717) is 5.69 Å². The number of aromatic hydroxyl groups is 1. The van der Waals surface area contributed by atoms with Crippen LogP contribution in [0.5, 0.6) is 5.75 Å². The summed E-state index contributed by atoms with van der Waals surface area (Å²) in [5.74, 6) is 0.144. The zero-order valence-corrected chi connectivity index (χ0v) is 6.84. The normalized spacial score (nSPS) is 12.4. The molecular formula is C6H8N2O3S. The molecule has 5 nitrogen and oxygen atoms in total. The van der Waals surface area contributed by atoms with Gasteiger partial charge in [0.05, 0.1) is 5.69 Å². The average molecular weight is 188 g/mol. The molecule has 1 aromatic rings. The van der Waals surface area contributed by atoms with E-state index in [4.69, 9.17) is 9.66 Å². The molecule has 0 radical (unpaired) electrons. The SMILES string of the molecule is O=S(O)NNc1ccc(O)cc1. The third-order valence-corrected chi connectivity index (χ3v) is 1.43. The van der Waals surface area contributed by atoms with Crippen LogP contribution in [0.4, 0.5) is 5.69 Å². The summed E-state index contributed by atoms with van der Waals surface area (Å²) in [7, 11) is 0. The molecule has 0 spiro atoms. The van der Waals surface area contributed by atoms with Gasteiger partial charge >= 0.3 is 0 Å². The number of rotatable bonds is 3. The summed E-state index contributed by atoms with van der Waals surface area (Å²) in [6.45, 7) is 0. The summed E-state index contributed by atoms with van der Waals surface area (Å²) >= 11 is -2.10. The van der Waals surface area contributed by atoms with Crippen LogP contribution in [0.25, 0.3) is 0 Å². The molecule has 0 fully saturated rings. The molecule has 0 saturated carbocycles. The summed E-state index contributed by atoms with van der Waals surface area (Å²) in [5, 5.41) is 8.88. The van der Waals surface area contributed by atoms with E-state index in [1.54, 1.807) is 12.1 Å². The largest absolute Gasteiger partial charge is 0.508 e. The fraction of sp³-hybridized carbons (Fsp3) is 0. The number of hydrazine groups is 1. The van der Waals surface area contributed by atoms with Gasteiger partial charge in [-0.25, -0.2) is 4.21 Å². The highest BCUT2D eigenvalue weighted by molar-refractivity contribution is 7.77. The van der Waals surface area contributed by atoms with E-state index in [-0.39, 0.29) is 5.75 Å². The molecule has 1 unspecified atom stereocenters. The van der Waals surface area contributed by atoms with E-state index in [1.807, 2.05) is 0 Å². The first-order chi connectivity index (χ1) is 5.68. The van der Waals surface area contributed by atoms with Crippen LogP contribution in [-0.4, -0.2) is 13.9 Å². The summed E-state index contributed by atoms with van der Waals surface area (Å²) in [6.07, 6.45) is 0. The van der Waals surface area contributed by atoms with Gasteiger partial charge in [0, 0.05) is 0 Å². The average Bonchev–Trinajstić information content (AvgIpc) is 2.03. The Balaban J connectivity index is 2.53. The first-order valence-corrected chi connectivity index (χ1v) is 4.21. The minimum Gasteiger partial charge on any atom is -0.508 e. The van der Waals surface area contributed by atoms with Crippen LogP contribution >= 0.6 is 0 Å². The lowest BCUT2D eigenvalue weighted by atomic mass is 10.3. The molecule has 66 valence electrons. The van der Waals surface area contributed by atoms with Crippen molar-refractivity contribution in [2.75, 3.05) is 5.43 Å². The van der Waals surface area contributed by atoms with Gasteiger partial charge < -0.3 is 10.5 Å². The van der Waals surface area contributed by atoms with Gasteiger partial charge in [0.25, 0.3) is 0 Å². The van der Waals surface area contributed by atoms with E-state index in [1.165, 1.54) is 12.1 Å². The van der Waals surface area contributed by atoms with Gasteiger partial charge in [-0.15, -0.1) is 4.83 Å². The third kappa shape index (κ3) is 2.87. The molecule has 0 aliphatic carbocycles. The molecular weight excluding hydrogens is 180 g/mol. The molecule has 1 aromatic carbocycles. The number of phenolic OH excluding ortho intramolecular Hbond substituents is 1. The molecule has 0 aliphatic heterocycles. The van der Waals surface area contributed by atoms with Crippen LogP contribution in [0, 0.1) is 0 Å². The second kappa shape index (κ2) is 4.05. The lowest BCUT2D eigenvalue weighted by Crippen LogP contribution is -2.23. The second-order valence-corrected chi connectivity index (χ2v) is 2.73. The van der Waals surface area contributed by atoms with E-state index in [0.717, 1.165) is 0 Å². The molecule has 1 atom stereocenters. The molecule has 0 aliphatic rings. The lowest BCUT2D eigenvalue weighted by molar-refractivity contribution is 0.475. The number of hydrogen-bond acceptors (Lipinski definition) is 3. The van der Waals surface area contributed by atoms with Crippen molar-refractivity contribution in [3.63, 3.8) is 0 Å². The number of nitrogens with one attached hydrogen (secondary N) is 2. The molecule has 4 N–H and O–H groups in total. The Labute approximate surface area is 71.8 Å². The highest BCUT2D eigenvalue weighted by atomic mass is 32.2. The summed E-state index contributed by atoms with van der Waals surface area (Å²) in [5.41, 5.74) is 3.05. The van der Waals surface area contributed by atoms with Crippen LogP contribution in [0.3, 0.4) is 0 Å². The van der Waals surface area contributed by atoms with Gasteiger partial charge in [-0.05, 0) is 24.3 Å². The van der Waals surface area contributed by atoms with Crippen molar-refractivity contribution in [3.05, 3.63) is 24.3 Å². The van der Waals surface area contributed by atoms with Crippen LogP contribution in [-0.2, 0) is 11.3 Å². The summed E-state index contributed by atoms with van der Waals surface area (Å²) < 4.78 is 18.4. The van der Waals surface area contributed by atoms with E-state index < -0.39 is 11.3 Å². The maximum atomic E-state index is 10.1.